The quantitative estimate of drug-likeness (QED) is 0.654. The number of nitrogens with two attached hydrogens (primary N) is 1. The second kappa shape index (κ2) is 5.64. The van der Waals surface area contributed by atoms with E-state index in [9.17, 15) is 0 Å². The Morgan fingerprint density at radius 3 is 2.60 bits per heavy atom. The van der Waals surface area contributed by atoms with Gasteiger partial charge < -0.3 is 0 Å². The Morgan fingerprint density at radius 2 is 2.00 bits per heavy atom. The molecule has 1 aliphatic rings. The van der Waals surface area contributed by atoms with Crippen LogP contribution in [0.2, 0.25) is 0 Å². The van der Waals surface area contributed by atoms with Gasteiger partial charge >= 0.3 is 0 Å². The summed E-state index contributed by atoms with van der Waals surface area (Å²) in [5, 5.41) is 0. The standard InChI is InChI=1S/C16H18BrN3/c17-14-8-12(10-19-11-14)9-15(20-18)16(6-7-16)13-4-2-1-3-5-13/h1-5,8,10-11,15,20H,6-7,9,18H2. The minimum atomic E-state index is 0.179. The highest BCUT2D eigenvalue weighted by Gasteiger charge is 2.50. The number of nitrogens with one attached hydrogen (secondary N) is 1. The molecule has 1 heterocycles. The first kappa shape index (κ1) is 13.7. The lowest BCUT2D eigenvalue weighted by Crippen LogP contribution is -2.45. The Hall–Kier alpha value is -1.23. The summed E-state index contributed by atoms with van der Waals surface area (Å²) >= 11 is 3.47. The van der Waals surface area contributed by atoms with Crippen molar-refractivity contribution < 1.29 is 0 Å². The Labute approximate surface area is 127 Å². The minimum absolute atomic E-state index is 0.179. The first-order valence-corrected chi connectivity index (χ1v) is 7.65. The molecule has 1 unspecified atom stereocenters. The number of benzene rings is 1. The highest BCUT2D eigenvalue weighted by Crippen LogP contribution is 2.51. The second-order valence-electron chi connectivity index (χ2n) is 5.46. The van der Waals surface area contributed by atoms with Crippen molar-refractivity contribution in [3.63, 3.8) is 0 Å². The van der Waals surface area contributed by atoms with E-state index in [0.717, 1.165) is 10.9 Å². The molecule has 20 heavy (non-hydrogen) atoms. The molecule has 0 radical (unpaired) electrons. The summed E-state index contributed by atoms with van der Waals surface area (Å²) in [7, 11) is 0. The number of nitrogens with zero attached hydrogens (tertiary/aromatic N) is 1. The number of hydrogen-bond donors (Lipinski definition) is 2. The topological polar surface area (TPSA) is 50.9 Å². The molecule has 0 amide bonds. The first-order valence-electron chi connectivity index (χ1n) is 6.86. The van der Waals surface area contributed by atoms with Gasteiger partial charge in [0.1, 0.15) is 0 Å². The van der Waals surface area contributed by atoms with Crippen LogP contribution in [0.25, 0.3) is 0 Å². The Balaban J connectivity index is 1.84. The molecule has 0 aliphatic heterocycles. The molecular formula is C16H18BrN3. The van der Waals surface area contributed by atoms with Gasteiger partial charge in [0.2, 0.25) is 0 Å². The van der Waals surface area contributed by atoms with Crippen LogP contribution in [0.4, 0.5) is 0 Å². The molecule has 1 atom stereocenters. The molecule has 1 saturated carbocycles. The van der Waals surface area contributed by atoms with E-state index in [-0.39, 0.29) is 11.5 Å². The zero-order chi connectivity index (χ0) is 14.0. The average Bonchev–Trinajstić information content (AvgIpc) is 3.27. The third-order valence-corrected chi connectivity index (χ3v) is 4.64. The third-order valence-electron chi connectivity index (χ3n) is 4.21. The maximum Gasteiger partial charge on any atom is 0.0410 e. The van der Waals surface area contributed by atoms with Crippen LogP contribution < -0.4 is 11.3 Å². The van der Waals surface area contributed by atoms with Crippen molar-refractivity contribution in [3.05, 3.63) is 64.4 Å². The Bertz CT molecular complexity index is 581. The molecule has 4 heteroatoms. The summed E-state index contributed by atoms with van der Waals surface area (Å²) in [6.07, 6.45) is 6.98. The van der Waals surface area contributed by atoms with Crippen LogP contribution in [0.15, 0.2) is 53.3 Å². The van der Waals surface area contributed by atoms with Crippen LogP contribution in [0, 0.1) is 0 Å². The monoisotopic (exact) mass is 331 g/mol. The van der Waals surface area contributed by atoms with E-state index in [1.807, 2.05) is 6.20 Å². The summed E-state index contributed by atoms with van der Waals surface area (Å²) in [4.78, 5) is 4.23. The van der Waals surface area contributed by atoms with Gasteiger partial charge in [0.15, 0.2) is 0 Å². The molecule has 0 spiro atoms. The van der Waals surface area contributed by atoms with Gasteiger partial charge in [0, 0.05) is 28.3 Å². The van der Waals surface area contributed by atoms with E-state index in [4.69, 9.17) is 5.84 Å². The summed E-state index contributed by atoms with van der Waals surface area (Å²) in [6.45, 7) is 0. The molecule has 0 bridgehead atoms. The molecule has 1 aromatic carbocycles. The van der Waals surface area contributed by atoms with Crippen LogP contribution in [-0.2, 0) is 11.8 Å². The largest absolute Gasteiger partial charge is 0.271 e. The van der Waals surface area contributed by atoms with Crippen LogP contribution in [0.3, 0.4) is 0 Å². The fourth-order valence-electron chi connectivity index (χ4n) is 2.96. The summed E-state index contributed by atoms with van der Waals surface area (Å²) in [5.41, 5.74) is 5.79. The molecular weight excluding hydrogens is 314 g/mol. The first-order chi connectivity index (χ1) is 9.74. The minimum Gasteiger partial charge on any atom is -0.271 e. The number of rotatable bonds is 5. The molecule has 1 aliphatic carbocycles. The number of hydrogen-bond acceptors (Lipinski definition) is 3. The SMILES string of the molecule is NNC(Cc1cncc(Br)c1)C1(c2ccccc2)CC1. The number of hydrazine groups is 1. The fourth-order valence-corrected chi connectivity index (χ4v) is 3.37. The van der Waals surface area contributed by atoms with Gasteiger partial charge in [-0.25, -0.2) is 0 Å². The zero-order valence-electron chi connectivity index (χ0n) is 11.2. The molecule has 3 nitrogen and oxygen atoms in total. The smallest absolute Gasteiger partial charge is 0.0410 e. The number of aromatic nitrogens is 1. The lowest BCUT2D eigenvalue weighted by Gasteiger charge is -2.27. The van der Waals surface area contributed by atoms with Gasteiger partial charge in [-0.05, 0) is 52.4 Å². The van der Waals surface area contributed by atoms with Gasteiger partial charge in [-0.15, -0.1) is 0 Å². The maximum atomic E-state index is 5.84. The molecule has 3 rings (SSSR count). The highest BCUT2D eigenvalue weighted by atomic mass is 79.9. The van der Waals surface area contributed by atoms with Crippen LogP contribution in [-0.4, -0.2) is 11.0 Å². The van der Waals surface area contributed by atoms with Crippen molar-refractivity contribution in [3.8, 4) is 0 Å². The predicted molar refractivity (Wildman–Crippen MR) is 84.1 cm³/mol. The van der Waals surface area contributed by atoms with Gasteiger partial charge in [-0.1, -0.05) is 30.3 Å². The van der Waals surface area contributed by atoms with Gasteiger partial charge in [0.05, 0.1) is 0 Å². The summed E-state index contributed by atoms with van der Waals surface area (Å²) in [6, 6.07) is 13.0. The second-order valence-corrected chi connectivity index (χ2v) is 6.37. The van der Waals surface area contributed by atoms with E-state index >= 15 is 0 Å². The van der Waals surface area contributed by atoms with Crippen molar-refractivity contribution in [2.24, 2.45) is 5.84 Å². The number of halogens is 1. The van der Waals surface area contributed by atoms with E-state index < -0.39 is 0 Å². The van der Waals surface area contributed by atoms with Crippen LogP contribution in [0.5, 0.6) is 0 Å². The lowest BCUT2D eigenvalue weighted by molar-refractivity contribution is 0.420. The van der Waals surface area contributed by atoms with Crippen molar-refractivity contribution in [2.45, 2.75) is 30.7 Å². The Kier molecular flexibility index (Phi) is 3.87. The molecule has 104 valence electrons. The highest BCUT2D eigenvalue weighted by molar-refractivity contribution is 9.10. The Morgan fingerprint density at radius 1 is 1.25 bits per heavy atom. The summed E-state index contributed by atoms with van der Waals surface area (Å²) < 4.78 is 1.01. The van der Waals surface area contributed by atoms with E-state index in [0.29, 0.717) is 0 Å². The van der Waals surface area contributed by atoms with Gasteiger partial charge in [-0.3, -0.25) is 16.3 Å². The van der Waals surface area contributed by atoms with E-state index in [2.05, 4.69) is 62.7 Å². The molecule has 2 aromatic rings. The molecule has 3 N–H and O–H groups in total. The average molecular weight is 332 g/mol. The fraction of sp³-hybridized carbons (Fsp3) is 0.312. The predicted octanol–water partition coefficient (Wildman–Crippen LogP) is 2.95. The third kappa shape index (κ3) is 2.64. The lowest BCUT2D eigenvalue weighted by atomic mass is 9.85. The van der Waals surface area contributed by atoms with Gasteiger partial charge in [-0.2, -0.15) is 0 Å². The van der Waals surface area contributed by atoms with Crippen molar-refractivity contribution in [1.82, 2.24) is 10.4 Å². The summed E-state index contributed by atoms with van der Waals surface area (Å²) in [5.74, 6) is 5.84. The molecule has 0 saturated heterocycles. The molecule has 1 aromatic heterocycles. The van der Waals surface area contributed by atoms with Crippen molar-refractivity contribution in [1.29, 1.82) is 0 Å². The van der Waals surface area contributed by atoms with Crippen molar-refractivity contribution in [2.75, 3.05) is 0 Å². The normalized spacial score (nSPS) is 17.7. The number of pyridine rings is 1. The van der Waals surface area contributed by atoms with Crippen molar-refractivity contribution >= 4 is 15.9 Å². The zero-order valence-corrected chi connectivity index (χ0v) is 12.8. The van der Waals surface area contributed by atoms with Gasteiger partial charge in [0.25, 0.3) is 0 Å². The van der Waals surface area contributed by atoms with E-state index in [1.54, 1.807) is 6.20 Å². The van der Waals surface area contributed by atoms with Crippen LogP contribution >= 0.6 is 15.9 Å². The van der Waals surface area contributed by atoms with Crippen LogP contribution in [0.1, 0.15) is 24.0 Å². The molecule has 1 fully saturated rings. The maximum absolute atomic E-state index is 5.84. The van der Waals surface area contributed by atoms with E-state index in [1.165, 1.54) is 24.0 Å².